The fraction of sp³-hybridized carbons (Fsp3) is 0.793. The lowest BCUT2D eigenvalue weighted by atomic mass is 10.1. The lowest BCUT2D eigenvalue weighted by molar-refractivity contribution is -0.0515. The fourth-order valence-corrected chi connectivity index (χ4v) is 5.51. The minimum absolute atomic E-state index is 0.00293. The molecule has 0 saturated carbocycles. The predicted molar refractivity (Wildman–Crippen MR) is 156 cm³/mol. The monoisotopic (exact) mass is 524 g/mol. The van der Waals surface area contributed by atoms with E-state index in [1.54, 1.807) is 0 Å². The second-order valence-corrected chi connectivity index (χ2v) is 23.3. The highest BCUT2D eigenvalue weighted by Gasteiger charge is 2.39. The first kappa shape index (κ1) is 32.5. The first-order chi connectivity index (χ1) is 15.7. The van der Waals surface area contributed by atoms with Crippen molar-refractivity contribution >= 4 is 16.6 Å². The van der Waals surface area contributed by atoms with Crippen molar-refractivity contribution in [2.45, 2.75) is 135 Å². The summed E-state index contributed by atoms with van der Waals surface area (Å²) >= 11 is 0. The molecule has 0 unspecified atom stereocenters. The molecule has 1 aliphatic rings. The van der Waals surface area contributed by atoms with Gasteiger partial charge in [-0.1, -0.05) is 64.8 Å². The molecule has 4 nitrogen and oxygen atoms in total. The van der Waals surface area contributed by atoms with E-state index >= 15 is 0 Å². The molecule has 0 amide bonds. The van der Waals surface area contributed by atoms with E-state index < -0.39 is 16.6 Å². The Kier molecular flexibility index (Phi) is 11.9. The zero-order valence-corrected chi connectivity index (χ0v) is 27.0. The molecule has 35 heavy (non-hydrogen) atoms. The van der Waals surface area contributed by atoms with Crippen LogP contribution in [0.15, 0.2) is 36.5 Å². The van der Waals surface area contributed by atoms with Crippen LogP contribution in [-0.4, -0.2) is 54.3 Å². The molecule has 0 spiro atoms. The highest BCUT2D eigenvalue weighted by Crippen LogP contribution is 2.38. The van der Waals surface area contributed by atoms with Gasteiger partial charge in [-0.2, -0.15) is 0 Å². The average Bonchev–Trinajstić information content (AvgIpc) is 3.08. The minimum atomic E-state index is -1.84. The Balaban J connectivity index is 2.73. The van der Waals surface area contributed by atoms with Gasteiger partial charge in [-0.05, 0) is 63.0 Å². The zero-order valence-electron chi connectivity index (χ0n) is 25.0. The summed E-state index contributed by atoms with van der Waals surface area (Å²) < 4.78 is 26.0. The van der Waals surface area contributed by atoms with E-state index in [0.717, 1.165) is 30.4 Å². The third kappa shape index (κ3) is 11.2. The molecule has 0 N–H and O–H groups in total. The molecule has 0 fully saturated rings. The van der Waals surface area contributed by atoms with Crippen molar-refractivity contribution in [3.8, 4) is 0 Å². The van der Waals surface area contributed by atoms with Crippen molar-refractivity contribution in [2.75, 3.05) is 13.2 Å². The number of hydrogen-bond donors (Lipinski definition) is 0. The van der Waals surface area contributed by atoms with Crippen LogP contribution < -0.4 is 0 Å². The van der Waals surface area contributed by atoms with Gasteiger partial charge in [0.25, 0.3) is 0 Å². The predicted octanol–water partition coefficient (Wildman–Crippen LogP) is 8.43. The van der Waals surface area contributed by atoms with Crippen LogP contribution in [0.1, 0.15) is 74.7 Å². The minimum Gasteiger partial charge on any atom is -0.414 e. The lowest BCUT2D eigenvalue weighted by Crippen LogP contribution is -2.43. The molecule has 0 aromatic heterocycles. The van der Waals surface area contributed by atoms with Crippen molar-refractivity contribution in [3.63, 3.8) is 0 Å². The Labute approximate surface area is 219 Å². The van der Waals surface area contributed by atoms with E-state index in [0.29, 0.717) is 13.2 Å². The molecule has 204 valence electrons. The van der Waals surface area contributed by atoms with Crippen LogP contribution in [0.2, 0.25) is 36.3 Å². The van der Waals surface area contributed by atoms with Crippen LogP contribution in [0, 0.1) is 0 Å². The van der Waals surface area contributed by atoms with Crippen molar-refractivity contribution in [2.24, 2.45) is 0 Å². The van der Waals surface area contributed by atoms with Gasteiger partial charge >= 0.3 is 0 Å². The van der Waals surface area contributed by atoms with Gasteiger partial charge in [0.15, 0.2) is 16.6 Å². The first-order valence-electron chi connectivity index (χ1n) is 13.3. The summed E-state index contributed by atoms with van der Waals surface area (Å²) in [6, 6.07) is 0. The SMILES string of the molecule is C=C(C)C[C@H](CO[Si](C)(C)C(C)(C)C)O[C@@H]1C=C[C@H](O[C@H](CO[Si](C)(C)C(C)(C)C)CC(=C)C)C1. The van der Waals surface area contributed by atoms with E-state index in [1.807, 2.05) is 0 Å². The molecule has 0 bridgehead atoms. The second kappa shape index (κ2) is 12.8. The third-order valence-electron chi connectivity index (χ3n) is 7.76. The van der Waals surface area contributed by atoms with Crippen LogP contribution in [0.4, 0.5) is 0 Å². The van der Waals surface area contributed by atoms with Crippen LogP contribution in [0.5, 0.6) is 0 Å². The largest absolute Gasteiger partial charge is 0.414 e. The normalized spacial score (nSPS) is 21.3. The standard InChI is InChI=1S/C29H56O4Si2/c1-22(2)17-26(20-30-34(11,12)28(5,6)7)32-24-15-16-25(19-24)33-27(18-23(3)4)21-31-35(13,14)29(8,9)10/h15-16,24-27H,1,3,17-21H2,2,4-14H3/t24-,25+,26-,27+. The summed E-state index contributed by atoms with van der Waals surface area (Å²) in [5.74, 6) is 0. The van der Waals surface area contributed by atoms with Gasteiger partial charge in [-0.3, -0.25) is 0 Å². The molecular formula is C29H56O4Si2. The molecule has 4 atom stereocenters. The molecule has 0 saturated heterocycles. The molecule has 0 aromatic carbocycles. The van der Waals surface area contributed by atoms with E-state index in [2.05, 4.69) is 107 Å². The maximum absolute atomic E-state index is 6.51. The van der Waals surface area contributed by atoms with E-state index in [9.17, 15) is 0 Å². The summed E-state index contributed by atoms with van der Waals surface area (Å²) in [5.41, 5.74) is 2.24. The van der Waals surface area contributed by atoms with Gasteiger partial charge in [0.05, 0.1) is 37.6 Å². The second-order valence-electron chi connectivity index (χ2n) is 13.7. The fourth-order valence-electron chi connectivity index (χ4n) is 3.44. The average molecular weight is 525 g/mol. The quantitative estimate of drug-likeness (QED) is 0.169. The van der Waals surface area contributed by atoms with E-state index in [4.69, 9.17) is 18.3 Å². The highest BCUT2D eigenvalue weighted by atomic mass is 28.4. The smallest absolute Gasteiger partial charge is 0.192 e. The number of hydrogen-bond acceptors (Lipinski definition) is 4. The Morgan fingerprint density at radius 2 is 1.06 bits per heavy atom. The van der Waals surface area contributed by atoms with Gasteiger partial charge in [0.1, 0.15) is 0 Å². The summed E-state index contributed by atoms with van der Waals surface area (Å²) in [6.07, 6.45) is 6.79. The molecule has 1 rings (SSSR count). The topological polar surface area (TPSA) is 36.9 Å². The van der Waals surface area contributed by atoms with Gasteiger partial charge in [-0.25, -0.2) is 0 Å². The van der Waals surface area contributed by atoms with Gasteiger partial charge in [0.2, 0.25) is 0 Å². The van der Waals surface area contributed by atoms with Crippen molar-refractivity contribution < 1.29 is 18.3 Å². The van der Waals surface area contributed by atoms with Gasteiger partial charge in [0, 0.05) is 6.42 Å². The summed E-state index contributed by atoms with van der Waals surface area (Å²) in [7, 11) is -3.67. The zero-order chi connectivity index (χ0) is 27.2. The van der Waals surface area contributed by atoms with Gasteiger partial charge < -0.3 is 18.3 Å². The molecule has 0 radical (unpaired) electrons. The van der Waals surface area contributed by atoms with Crippen LogP contribution in [-0.2, 0) is 18.3 Å². The number of ether oxygens (including phenoxy) is 2. The Bertz CT molecular complexity index is 668. The number of rotatable bonds is 14. The Morgan fingerprint density at radius 1 is 0.743 bits per heavy atom. The Morgan fingerprint density at radius 3 is 1.31 bits per heavy atom. The van der Waals surface area contributed by atoms with Crippen molar-refractivity contribution in [1.82, 2.24) is 0 Å². The molecule has 0 aromatic rings. The van der Waals surface area contributed by atoms with E-state index in [-0.39, 0.29) is 34.5 Å². The molecular weight excluding hydrogens is 468 g/mol. The maximum atomic E-state index is 6.51. The highest BCUT2D eigenvalue weighted by molar-refractivity contribution is 6.74. The molecule has 0 heterocycles. The summed E-state index contributed by atoms with van der Waals surface area (Å²) in [6.45, 7) is 36.3. The van der Waals surface area contributed by atoms with Crippen LogP contribution in [0.3, 0.4) is 0 Å². The molecule has 0 aliphatic heterocycles. The lowest BCUT2D eigenvalue weighted by Gasteiger charge is -2.38. The van der Waals surface area contributed by atoms with Crippen LogP contribution >= 0.6 is 0 Å². The molecule has 1 aliphatic carbocycles. The Hall–Kier alpha value is -0.506. The summed E-state index contributed by atoms with van der Waals surface area (Å²) in [5, 5.41) is 0.357. The van der Waals surface area contributed by atoms with Crippen molar-refractivity contribution in [1.29, 1.82) is 0 Å². The summed E-state index contributed by atoms with van der Waals surface area (Å²) in [4.78, 5) is 0. The third-order valence-corrected chi connectivity index (χ3v) is 16.8. The first-order valence-corrected chi connectivity index (χ1v) is 19.1. The van der Waals surface area contributed by atoms with Crippen LogP contribution in [0.25, 0.3) is 0 Å². The maximum Gasteiger partial charge on any atom is 0.192 e. The van der Waals surface area contributed by atoms with Crippen molar-refractivity contribution in [3.05, 3.63) is 36.5 Å². The van der Waals surface area contributed by atoms with E-state index in [1.165, 1.54) is 0 Å². The molecule has 6 heteroatoms. The van der Waals surface area contributed by atoms with Gasteiger partial charge in [-0.15, -0.1) is 13.2 Å².